The van der Waals surface area contributed by atoms with E-state index >= 15 is 0 Å². The van der Waals surface area contributed by atoms with Crippen molar-refractivity contribution in [2.24, 2.45) is 5.73 Å². The van der Waals surface area contributed by atoms with Crippen LogP contribution in [0.3, 0.4) is 0 Å². The second kappa shape index (κ2) is 19.0. The Morgan fingerprint density at radius 1 is 0.897 bits per heavy atom. The molecular weight excluding hydrogens is 510 g/mol. The molecule has 0 atom stereocenters. The molecule has 220 valence electrons. The van der Waals surface area contributed by atoms with Crippen LogP contribution in [0.25, 0.3) is 0 Å². The predicted octanol–water partition coefficient (Wildman–Crippen LogP) is 3.33. The molecule has 0 fully saturated rings. The number of carbonyl (C=O) groups excluding carboxylic acids is 1. The number of nitrogens with two attached hydrogens (primary N) is 1. The van der Waals surface area contributed by atoms with E-state index in [9.17, 15) is 13.6 Å². The van der Waals surface area contributed by atoms with Crippen molar-refractivity contribution in [3.8, 4) is 11.5 Å². The Morgan fingerprint density at radius 3 is 1.79 bits per heavy atom. The lowest BCUT2D eigenvalue weighted by molar-refractivity contribution is 0.0521. The third-order valence-electron chi connectivity index (χ3n) is 5.22. The highest BCUT2D eigenvalue weighted by molar-refractivity contribution is 5.67. The van der Waals surface area contributed by atoms with Crippen LogP contribution in [0.1, 0.15) is 34.6 Å². The van der Waals surface area contributed by atoms with Gasteiger partial charge in [-0.2, -0.15) is 8.78 Å². The minimum atomic E-state index is -0.609. The molecule has 0 aliphatic carbocycles. The number of hydrogen-bond acceptors (Lipinski definition) is 9. The fourth-order valence-corrected chi connectivity index (χ4v) is 3.20. The number of nitrogens with zero attached hydrogens (tertiary/aromatic N) is 4. The molecule has 0 aliphatic heterocycles. The summed E-state index contributed by atoms with van der Waals surface area (Å²) in [7, 11) is 0. The lowest BCUT2D eigenvalue weighted by Crippen LogP contribution is -2.39. The summed E-state index contributed by atoms with van der Waals surface area (Å²) < 4.78 is 42.2. The van der Waals surface area contributed by atoms with E-state index in [2.05, 4.69) is 32.0 Å². The molecule has 0 aliphatic rings. The summed E-state index contributed by atoms with van der Waals surface area (Å²) in [4.78, 5) is 22.8. The van der Waals surface area contributed by atoms with Gasteiger partial charge in [0.05, 0.1) is 0 Å². The van der Waals surface area contributed by atoms with Crippen molar-refractivity contribution in [3.05, 3.63) is 48.6 Å². The number of ether oxygens (including phenoxy) is 3. The zero-order chi connectivity index (χ0) is 29.1. The van der Waals surface area contributed by atoms with Gasteiger partial charge in [-0.25, -0.2) is 14.8 Å². The van der Waals surface area contributed by atoms with Crippen molar-refractivity contribution in [1.29, 1.82) is 0 Å². The summed E-state index contributed by atoms with van der Waals surface area (Å²) in [5.74, 6) is -0.826. The first-order chi connectivity index (χ1) is 18.6. The Morgan fingerprint density at radius 2 is 1.38 bits per heavy atom. The molecule has 10 nitrogen and oxygen atoms in total. The zero-order valence-corrected chi connectivity index (χ0v) is 23.8. The van der Waals surface area contributed by atoms with Gasteiger partial charge < -0.3 is 25.3 Å². The van der Waals surface area contributed by atoms with E-state index in [0.29, 0.717) is 39.4 Å². The van der Waals surface area contributed by atoms with Crippen molar-refractivity contribution >= 4 is 6.09 Å². The van der Waals surface area contributed by atoms with Gasteiger partial charge in [-0.05, 0) is 58.1 Å². The summed E-state index contributed by atoms with van der Waals surface area (Å²) in [6.45, 7) is 16.0. The second-order valence-electron chi connectivity index (χ2n) is 9.37. The number of aromatic nitrogens is 2. The first-order valence-corrected chi connectivity index (χ1v) is 13.2. The molecule has 0 unspecified atom stereocenters. The Hall–Kier alpha value is -3.09. The van der Waals surface area contributed by atoms with Gasteiger partial charge >= 0.3 is 6.09 Å². The highest BCUT2D eigenvalue weighted by Gasteiger charge is 2.16. The average Bonchev–Trinajstić information content (AvgIpc) is 2.88. The number of nitrogens with one attached hydrogen (secondary N) is 1. The van der Waals surface area contributed by atoms with Crippen LogP contribution in [-0.2, 0) is 4.74 Å². The van der Waals surface area contributed by atoms with Crippen LogP contribution in [-0.4, -0.2) is 97.0 Å². The molecule has 0 spiro atoms. The van der Waals surface area contributed by atoms with Gasteiger partial charge in [-0.1, -0.05) is 13.8 Å². The molecule has 0 radical (unpaired) electrons. The lowest BCUT2D eigenvalue weighted by atomic mass is 10.2. The summed E-state index contributed by atoms with van der Waals surface area (Å²) >= 11 is 0. The number of alkyl carbamates (subject to hydrolysis) is 1. The van der Waals surface area contributed by atoms with Gasteiger partial charge in [0.2, 0.25) is 0 Å². The number of carbonyl (C=O) groups is 1. The van der Waals surface area contributed by atoms with Crippen LogP contribution < -0.4 is 20.5 Å². The van der Waals surface area contributed by atoms with Gasteiger partial charge in [0.1, 0.15) is 18.8 Å². The fraction of sp³-hybridized carbons (Fsp3) is 0.593. The van der Waals surface area contributed by atoms with Crippen LogP contribution in [0.15, 0.2) is 36.7 Å². The summed E-state index contributed by atoms with van der Waals surface area (Å²) in [5.41, 5.74) is 4.96. The first kappa shape index (κ1) is 33.9. The molecule has 39 heavy (non-hydrogen) atoms. The molecule has 2 aromatic heterocycles. The van der Waals surface area contributed by atoms with Gasteiger partial charge in [0, 0.05) is 51.7 Å². The fourth-order valence-electron chi connectivity index (χ4n) is 3.20. The number of rotatable bonds is 15. The monoisotopic (exact) mass is 554 g/mol. The minimum absolute atomic E-state index is 0.149. The predicted molar refractivity (Wildman–Crippen MR) is 147 cm³/mol. The lowest BCUT2D eigenvalue weighted by Gasteiger charge is -2.22. The molecule has 12 heteroatoms. The summed E-state index contributed by atoms with van der Waals surface area (Å²) in [6.07, 6.45) is 2.35. The maximum Gasteiger partial charge on any atom is 0.407 e. The molecule has 0 bridgehead atoms. The SMILES string of the molecule is CCN(CCN)CCOc1cccnc1F.CCN(CCNC(=O)OC(C)(C)C)CCOc1cccnc1F. The maximum atomic E-state index is 13.3. The smallest absolute Gasteiger partial charge is 0.407 e. The Bertz CT molecular complexity index is 948. The molecule has 0 saturated carbocycles. The van der Waals surface area contributed by atoms with Crippen molar-refractivity contribution < 1.29 is 27.8 Å². The number of likely N-dealkylation sites (N-methyl/N-ethyl adjacent to an activating group) is 2. The standard InChI is InChI=1S/C16H26FN3O3.C11H18FN3O/c1-5-20(10-9-19-15(21)23-16(2,3)4)11-12-22-13-7-6-8-18-14(13)17;1-2-15(7-5-13)8-9-16-10-4-3-6-14-11(10)12/h6-8H,5,9-12H2,1-4H3,(H,19,21);3-4,6H,2,5,7-9,13H2,1H3. The van der Waals surface area contributed by atoms with Crippen molar-refractivity contribution in [2.45, 2.75) is 40.2 Å². The Balaban J connectivity index is 0.000000416. The quantitative estimate of drug-likeness (QED) is 0.320. The molecule has 2 rings (SSSR count). The minimum Gasteiger partial charge on any atom is -0.487 e. The number of amides is 1. The number of hydrogen-bond donors (Lipinski definition) is 2. The van der Waals surface area contributed by atoms with Gasteiger partial charge in [0.25, 0.3) is 11.9 Å². The highest BCUT2D eigenvalue weighted by Crippen LogP contribution is 2.13. The van der Waals surface area contributed by atoms with Crippen LogP contribution in [0.2, 0.25) is 0 Å². The number of halogens is 2. The average molecular weight is 555 g/mol. The number of pyridine rings is 2. The van der Waals surface area contributed by atoms with E-state index in [1.807, 2.05) is 27.7 Å². The van der Waals surface area contributed by atoms with E-state index in [1.54, 1.807) is 24.3 Å². The van der Waals surface area contributed by atoms with Crippen LogP contribution >= 0.6 is 0 Å². The van der Waals surface area contributed by atoms with Crippen LogP contribution in [0.4, 0.5) is 13.6 Å². The Kier molecular flexibility index (Phi) is 16.6. The van der Waals surface area contributed by atoms with E-state index in [0.717, 1.165) is 26.2 Å². The molecule has 2 heterocycles. The van der Waals surface area contributed by atoms with E-state index in [4.69, 9.17) is 19.9 Å². The molecule has 0 saturated heterocycles. The molecule has 2 aromatic rings. The second-order valence-corrected chi connectivity index (χ2v) is 9.37. The van der Waals surface area contributed by atoms with E-state index in [-0.39, 0.29) is 11.5 Å². The van der Waals surface area contributed by atoms with Crippen molar-refractivity contribution in [3.63, 3.8) is 0 Å². The molecular formula is C27H44F2N6O4. The van der Waals surface area contributed by atoms with E-state index < -0.39 is 23.6 Å². The van der Waals surface area contributed by atoms with Gasteiger partial charge in [0.15, 0.2) is 11.5 Å². The molecule has 0 aromatic carbocycles. The largest absolute Gasteiger partial charge is 0.487 e. The zero-order valence-electron chi connectivity index (χ0n) is 23.8. The van der Waals surface area contributed by atoms with Crippen LogP contribution in [0.5, 0.6) is 11.5 Å². The normalized spacial score (nSPS) is 11.1. The maximum absolute atomic E-state index is 13.3. The van der Waals surface area contributed by atoms with Crippen LogP contribution in [0, 0.1) is 11.9 Å². The third kappa shape index (κ3) is 15.8. The van der Waals surface area contributed by atoms with Crippen molar-refractivity contribution in [1.82, 2.24) is 25.1 Å². The third-order valence-corrected chi connectivity index (χ3v) is 5.22. The van der Waals surface area contributed by atoms with Crippen molar-refractivity contribution in [2.75, 3.05) is 65.6 Å². The Labute approximate surface area is 230 Å². The molecule has 3 N–H and O–H groups in total. The van der Waals surface area contributed by atoms with Gasteiger partial charge in [-0.15, -0.1) is 0 Å². The summed E-state index contributed by atoms with van der Waals surface area (Å²) in [6, 6.07) is 6.39. The highest BCUT2D eigenvalue weighted by atomic mass is 19.1. The summed E-state index contributed by atoms with van der Waals surface area (Å²) in [5, 5.41) is 2.71. The van der Waals surface area contributed by atoms with E-state index in [1.165, 1.54) is 12.4 Å². The molecule has 1 amide bonds. The first-order valence-electron chi connectivity index (χ1n) is 13.2. The van der Waals surface area contributed by atoms with Gasteiger partial charge in [-0.3, -0.25) is 9.80 Å². The topological polar surface area (TPSA) is 115 Å².